The largest absolute Gasteiger partial charge is 0.388 e. The smallest absolute Gasteiger partial charge is 0.224 e. The lowest BCUT2D eigenvalue weighted by Gasteiger charge is -2.24. The highest BCUT2D eigenvalue weighted by molar-refractivity contribution is 5.90. The highest BCUT2D eigenvalue weighted by Crippen LogP contribution is 2.19. The number of aryl methyl sites for hydroxylation is 1. The maximum absolute atomic E-state index is 12.4. The zero-order valence-electron chi connectivity index (χ0n) is 15.1. The summed E-state index contributed by atoms with van der Waals surface area (Å²) in [5.74, 6) is -0.0682. The quantitative estimate of drug-likeness (QED) is 0.681. The highest BCUT2D eigenvalue weighted by atomic mass is 16.3. The molecular weight excluding hydrogens is 322 g/mol. The Morgan fingerprint density at radius 2 is 1.65 bits per heavy atom. The lowest BCUT2D eigenvalue weighted by atomic mass is 9.96. The van der Waals surface area contributed by atoms with Crippen LogP contribution < -0.4 is 5.32 Å². The zero-order chi connectivity index (χ0) is 18.4. The van der Waals surface area contributed by atoms with E-state index in [1.165, 1.54) is 5.56 Å². The fraction of sp³-hybridized carbons (Fsp3) is 0.261. The van der Waals surface area contributed by atoms with E-state index in [2.05, 4.69) is 17.4 Å². The van der Waals surface area contributed by atoms with Gasteiger partial charge in [-0.2, -0.15) is 0 Å². The minimum Gasteiger partial charge on any atom is -0.388 e. The van der Waals surface area contributed by atoms with Crippen LogP contribution >= 0.6 is 0 Å². The van der Waals surface area contributed by atoms with E-state index in [-0.39, 0.29) is 12.5 Å². The number of carbonyl (C=O) groups is 1. The average Bonchev–Trinajstić information content (AvgIpc) is 2.66. The molecule has 0 aliphatic rings. The molecule has 134 valence electrons. The summed E-state index contributed by atoms with van der Waals surface area (Å²) in [4.78, 5) is 12.4. The summed E-state index contributed by atoms with van der Waals surface area (Å²) in [6.07, 6.45) is 1.70. The first kappa shape index (κ1) is 18.2. The number of aliphatic hydroxyl groups is 1. The van der Waals surface area contributed by atoms with Crippen LogP contribution in [0.2, 0.25) is 0 Å². The monoisotopic (exact) mass is 347 g/mol. The summed E-state index contributed by atoms with van der Waals surface area (Å²) < 4.78 is 0. The fourth-order valence-corrected chi connectivity index (χ4v) is 3.12. The average molecular weight is 347 g/mol. The summed E-state index contributed by atoms with van der Waals surface area (Å²) >= 11 is 0. The molecule has 1 amide bonds. The number of carbonyl (C=O) groups excluding carboxylic acids is 1. The first-order valence-corrected chi connectivity index (χ1v) is 9.03. The van der Waals surface area contributed by atoms with Crippen molar-refractivity contribution in [3.63, 3.8) is 0 Å². The molecule has 2 N–H and O–H groups in total. The van der Waals surface area contributed by atoms with Gasteiger partial charge in [0.1, 0.15) is 0 Å². The molecule has 26 heavy (non-hydrogen) atoms. The Balaban J connectivity index is 1.54. The molecule has 0 saturated carbocycles. The molecule has 0 aliphatic carbocycles. The molecule has 0 saturated heterocycles. The molecule has 0 spiro atoms. The molecule has 3 aromatic carbocycles. The zero-order valence-corrected chi connectivity index (χ0v) is 15.1. The second-order valence-corrected chi connectivity index (χ2v) is 7.07. The van der Waals surface area contributed by atoms with E-state index in [0.29, 0.717) is 12.8 Å². The molecule has 0 fully saturated rings. The molecule has 0 aliphatic heterocycles. The molecule has 3 rings (SSSR count). The lowest BCUT2D eigenvalue weighted by Crippen LogP contribution is -2.41. The molecule has 0 radical (unpaired) electrons. The fourth-order valence-electron chi connectivity index (χ4n) is 3.12. The van der Waals surface area contributed by atoms with Crippen LogP contribution in [-0.4, -0.2) is 23.2 Å². The van der Waals surface area contributed by atoms with E-state index in [1.54, 1.807) is 6.92 Å². The normalized spacial score (nSPS) is 13.3. The van der Waals surface area contributed by atoms with Gasteiger partial charge in [0.2, 0.25) is 5.91 Å². The number of fused-ring (bicyclic) bond motifs is 1. The van der Waals surface area contributed by atoms with Crippen LogP contribution in [0.4, 0.5) is 0 Å². The summed E-state index contributed by atoms with van der Waals surface area (Å²) in [6.45, 7) is 2.03. The molecule has 1 atom stereocenters. The Labute approximate surface area is 154 Å². The molecule has 3 nitrogen and oxygen atoms in total. The number of benzene rings is 3. The van der Waals surface area contributed by atoms with E-state index in [1.807, 2.05) is 60.7 Å². The van der Waals surface area contributed by atoms with Crippen molar-refractivity contribution in [2.24, 2.45) is 0 Å². The molecule has 0 bridgehead atoms. The lowest BCUT2D eigenvalue weighted by molar-refractivity contribution is -0.121. The molecule has 3 heteroatoms. The van der Waals surface area contributed by atoms with Crippen LogP contribution in [0.25, 0.3) is 10.8 Å². The van der Waals surface area contributed by atoms with Crippen molar-refractivity contribution in [2.45, 2.75) is 31.8 Å². The Bertz CT molecular complexity index is 866. The second-order valence-electron chi connectivity index (χ2n) is 7.07. The number of amides is 1. The number of hydrogen-bond acceptors (Lipinski definition) is 2. The van der Waals surface area contributed by atoms with Gasteiger partial charge >= 0.3 is 0 Å². The number of nitrogens with one attached hydrogen (secondary N) is 1. The summed E-state index contributed by atoms with van der Waals surface area (Å²) in [5.41, 5.74) is 1.27. The Hall–Kier alpha value is -2.65. The summed E-state index contributed by atoms with van der Waals surface area (Å²) in [7, 11) is 0. The molecule has 3 aromatic rings. The maximum Gasteiger partial charge on any atom is 0.224 e. The van der Waals surface area contributed by atoms with Crippen molar-refractivity contribution in [3.8, 4) is 0 Å². The van der Waals surface area contributed by atoms with Crippen molar-refractivity contribution in [3.05, 3.63) is 83.9 Å². The van der Waals surface area contributed by atoms with Crippen molar-refractivity contribution in [2.75, 3.05) is 6.54 Å². The third kappa shape index (κ3) is 4.93. The summed E-state index contributed by atoms with van der Waals surface area (Å²) in [5, 5.41) is 15.7. The minimum atomic E-state index is -0.926. The van der Waals surface area contributed by atoms with Crippen molar-refractivity contribution >= 4 is 16.7 Å². The van der Waals surface area contributed by atoms with E-state index >= 15 is 0 Å². The molecule has 0 aromatic heterocycles. The van der Waals surface area contributed by atoms with Gasteiger partial charge in [0.15, 0.2) is 0 Å². The van der Waals surface area contributed by atoms with Gasteiger partial charge in [-0.3, -0.25) is 4.79 Å². The van der Waals surface area contributed by atoms with E-state index in [0.717, 1.165) is 22.8 Å². The molecule has 0 heterocycles. The number of rotatable bonds is 7. The second kappa shape index (κ2) is 8.15. The number of hydrogen-bond donors (Lipinski definition) is 2. The Kier molecular flexibility index (Phi) is 5.69. The van der Waals surface area contributed by atoms with Gasteiger partial charge in [-0.15, -0.1) is 0 Å². The van der Waals surface area contributed by atoms with Gasteiger partial charge in [-0.25, -0.2) is 0 Å². The van der Waals surface area contributed by atoms with Crippen molar-refractivity contribution < 1.29 is 9.90 Å². The van der Waals surface area contributed by atoms with E-state index in [4.69, 9.17) is 0 Å². The SMILES string of the molecule is C[C@](O)(CCc1ccccc1)CNC(=O)Cc1cccc2ccccc12. The van der Waals surface area contributed by atoms with Crippen LogP contribution in [0.1, 0.15) is 24.5 Å². The summed E-state index contributed by atoms with van der Waals surface area (Å²) in [6, 6.07) is 24.1. The Morgan fingerprint density at radius 3 is 2.46 bits per heavy atom. The predicted molar refractivity (Wildman–Crippen MR) is 106 cm³/mol. The minimum absolute atomic E-state index is 0.0682. The topological polar surface area (TPSA) is 49.3 Å². The third-order valence-electron chi connectivity index (χ3n) is 4.69. The predicted octanol–water partition coefficient (Wildman–Crippen LogP) is 3.88. The van der Waals surface area contributed by atoms with Crippen LogP contribution in [0.5, 0.6) is 0 Å². The Morgan fingerprint density at radius 1 is 0.962 bits per heavy atom. The van der Waals surface area contributed by atoms with Gasteiger partial charge in [-0.1, -0.05) is 72.8 Å². The van der Waals surface area contributed by atoms with Gasteiger partial charge in [-0.05, 0) is 41.7 Å². The van der Waals surface area contributed by atoms with Crippen LogP contribution in [0, 0.1) is 0 Å². The van der Waals surface area contributed by atoms with E-state index < -0.39 is 5.60 Å². The van der Waals surface area contributed by atoms with E-state index in [9.17, 15) is 9.90 Å². The van der Waals surface area contributed by atoms with Gasteiger partial charge in [0.05, 0.1) is 12.0 Å². The first-order chi connectivity index (χ1) is 12.5. The first-order valence-electron chi connectivity index (χ1n) is 9.03. The van der Waals surface area contributed by atoms with Crippen LogP contribution in [0.3, 0.4) is 0 Å². The maximum atomic E-state index is 12.4. The standard InChI is InChI=1S/C23H25NO2/c1-23(26,15-14-18-8-3-2-4-9-18)17-24-22(25)16-20-12-7-11-19-10-5-6-13-21(19)20/h2-13,26H,14-17H2,1H3,(H,24,25)/t23-/m0/s1. The van der Waals surface area contributed by atoms with Gasteiger partial charge < -0.3 is 10.4 Å². The van der Waals surface area contributed by atoms with Crippen LogP contribution in [-0.2, 0) is 17.6 Å². The highest BCUT2D eigenvalue weighted by Gasteiger charge is 2.21. The third-order valence-corrected chi connectivity index (χ3v) is 4.69. The molecular formula is C23H25NO2. The molecule has 0 unspecified atom stereocenters. The van der Waals surface area contributed by atoms with Gasteiger partial charge in [0.25, 0.3) is 0 Å². The van der Waals surface area contributed by atoms with Crippen molar-refractivity contribution in [1.29, 1.82) is 0 Å². The van der Waals surface area contributed by atoms with Gasteiger partial charge in [0, 0.05) is 6.54 Å². The van der Waals surface area contributed by atoms with Crippen molar-refractivity contribution in [1.82, 2.24) is 5.32 Å². The van der Waals surface area contributed by atoms with Crippen LogP contribution in [0.15, 0.2) is 72.8 Å².